The fourth-order valence-electron chi connectivity index (χ4n) is 4.27. The predicted octanol–water partition coefficient (Wildman–Crippen LogP) is 4.04. The van der Waals surface area contributed by atoms with Crippen molar-refractivity contribution in [3.63, 3.8) is 0 Å². The van der Waals surface area contributed by atoms with E-state index in [0.717, 1.165) is 23.8 Å². The molecule has 3 aromatic rings. The third-order valence-electron chi connectivity index (χ3n) is 6.46. The van der Waals surface area contributed by atoms with Crippen LogP contribution in [0.4, 0.5) is 5.69 Å². The molecule has 0 saturated heterocycles. The lowest BCUT2D eigenvalue weighted by Crippen LogP contribution is -2.61. The highest BCUT2D eigenvalue weighted by molar-refractivity contribution is 6.06. The van der Waals surface area contributed by atoms with Crippen LogP contribution in [0.5, 0.6) is 0 Å². The van der Waals surface area contributed by atoms with Crippen molar-refractivity contribution in [2.24, 2.45) is 7.05 Å². The molecule has 1 saturated carbocycles. The van der Waals surface area contributed by atoms with E-state index in [1.807, 2.05) is 49.9 Å². The van der Waals surface area contributed by atoms with Gasteiger partial charge in [-0.05, 0) is 62.5 Å². The Labute approximate surface area is 208 Å². The molecule has 0 atom stereocenters. The molecule has 1 aliphatic carbocycles. The molecule has 0 unspecified atom stereocenters. The van der Waals surface area contributed by atoms with Crippen LogP contribution in [0.3, 0.4) is 0 Å². The number of rotatable bonds is 8. The maximum Gasteiger partial charge on any atom is 0.328 e. The lowest BCUT2D eigenvalue weighted by molar-refractivity contribution is -0.131. The van der Waals surface area contributed by atoms with Crippen molar-refractivity contribution in [2.45, 2.75) is 38.6 Å². The molecule has 1 aromatic carbocycles. The van der Waals surface area contributed by atoms with Crippen LogP contribution in [-0.2, 0) is 16.6 Å². The Bertz CT molecular complexity index is 1400. The number of aryl methyl sites for hydroxylation is 1. The molecule has 2 heterocycles. The van der Waals surface area contributed by atoms with Gasteiger partial charge in [0.25, 0.3) is 5.91 Å². The number of anilines is 1. The van der Waals surface area contributed by atoms with Gasteiger partial charge in [-0.2, -0.15) is 5.10 Å². The van der Waals surface area contributed by atoms with E-state index >= 15 is 0 Å². The number of benzene rings is 1. The summed E-state index contributed by atoms with van der Waals surface area (Å²) in [5, 5.41) is 19.0. The number of carboxylic acids is 1. The number of amides is 2. The average molecular weight is 488 g/mol. The van der Waals surface area contributed by atoms with Crippen molar-refractivity contribution in [3.8, 4) is 0 Å². The Kier molecular flexibility index (Phi) is 6.91. The van der Waals surface area contributed by atoms with Gasteiger partial charge >= 0.3 is 5.97 Å². The number of carbonyl (C=O) groups is 3. The minimum atomic E-state index is -1.03. The summed E-state index contributed by atoms with van der Waals surface area (Å²) < 4.78 is 3.59. The van der Waals surface area contributed by atoms with Gasteiger partial charge in [0, 0.05) is 18.8 Å². The van der Waals surface area contributed by atoms with Crippen molar-refractivity contribution in [1.29, 1.82) is 0 Å². The standard InChI is InChI=1S/C27H29N5O4/c1-4-5-7-18(2)22-17-32-25(31(22)3)21(16-28-32)24(35)30-27(14-6-15-27)26(36)29-20-11-8-19(9-12-20)10-13-23(33)34/h4-5,7-13,16-17H,6,14-15H2,1-3H3,(H,29,36)(H,30,35)(H,33,34). The average Bonchev–Trinajstić information content (AvgIpc) is 3.39. The van der Waals surface area contributed by atoms with Gasteiger partial charge < -0.3 is 20.3 Å². The summed E-state index contributed by atoms with van der Waals surface area (Å²) in [4.78, 5) is 37.2. The van der Waals surface area contributed by atoms with Crippen LogP contribution >= 0.6 is 0 Å². The zero-order valence-electron chi connectivity index (χ0n) is 20.5. The number of carbonyl (C=O) groups excluding carboxylic acids is 2. The maximum absolute atomic E-state index is 13.3. The molecule has 9 heteroatoms. The number of aliphatic carboxylic acids is 1. The minimum absolute atomic E-state index is 0.281. The first-order chi connectivity index (χ1) is 17.2. The van der Waals surface area contributed by atoms with E-state index in [0.29, 0.717) is 35.3 Å². The first kappa shape index (κ1) is 24.7. The van der Waals surface area contributed by atoms with Gasteiger partial charge in [0.2, 0.25) is 5.91 Å². The number of allylic oxidation sites excluding steroid dienone is 4. The van der Waals surface area contributed by atoms with Crippen molar-refractivity contribution in [2.75, 3.05) is 5.32 Å². The molecule has 9 nitrogen and oxygen atoms in total. The van der Waals surface area contributed by atoms with Gasteiger partial charge in [-0.3, -0.25) is 9.59 Å². The third-order valence-corrected chi connectivity index (χ3v) is 6.46. The normalized spacial score (nSPS) is 15.4. The van der Waals surface area contributed by atoms with Gasteiger partial charge in [0.1, 0.15) is 16.7 Å². The molecular weight excluding hydrogens is 458 g/mol. The fourth-order valence-corrected chi connectivity index (χ4v) is 4.27. The van der Waals surface area contributed by atoms with Crippen LogP contribution in [-0.4, -0.2) is 42.6 Å². The quantitative estimate of drug-likeness (QED) is 0.327. The number of hydrogen-bond donors (Lipinski definition) is 3. The van der Waals surface area contributed by atoms with Crippen LogP contribution in [0.15, 0.2) is 61.0 Å². The van der Waals surface area contributed by atoms with Crippen LogP contribution in [0.25, 0.3) is 17.3 Å². The van der Waals surface area contributed by atoms with Gasteiger partial charge in [-0.1, -0.05) is 30.4 Å². The van der Waals surface area contributed by atoms with Crippen LogP contribution in [0, 0.1) is 0 Å². The molecule has 1 aliphatic rings. The minimum Gasteiger partial charge on any atom is -0.478 e. The number of nitrogens with one attached hydrogen (secondary N) is 2. The summed E-state index contributed by atoms with van der Waals surface area (Å²) in [5.74, 6) is -1.66. The fraction of sp³-hybridized carbons (Fsp3) is 0.259. The highest BCUT2D eigenvalue weighted by Gasteiger charge is 2.46. The smallest absolute Gasteiger partial charge is 0.328 e. The SMILES string of the molecule is CC=CC=C(C)c1cn2ncc(C(=O)NC3(C(=O)Nc4ccc(C=CC(=O)O)cc4)CCC3)c2n1C. The van der Waals surface area contributed by atoms with E-state index in [1.165, 1.54) is 12.3 Å². The van der Waals surface area contributed by atoms with E-state index in [1.54, 1.807) is 28.8 Å². The number of imidazole rings is 1. The Morgan fingerprint density at radius 2 is 1.89 bits per heavy atom. The molecule has 36 heavy (non-hydrogen) atoms. The monoisotopic (exact) mass is 487 g/mol. The molecular formula is C27H29N5O4. The van der Waals surface area contributed by atoms with E-state index < -0.39 is 11.5 Å². The molecule has 0 spiro atoms. The summed E-state index contributed by atoms with van der Waals surface area (Å²) in [5.41, 5.74) is 3.28. The van der Waals surface area contributed by atoms with E-state index in [2.05, 4.69) is 15.7 Å². The van der Waals surface area contributed by atoms with Crippen LogP contribution in [0.1, 0.15) is 54.7 Å². The zero-order valence-corrected chi connectivity index (χ0v) is 20.5. The second-order valence-corrected chi connectivity index (χ2v) is 8.91. The van der Waals surface area contributed by atoms with Gasteiger partial charge in [-0.25, -0.2) is 9.31 Å². The lowest BCUT2D eigenvalue weighted by Gasteiger charge is -2.40. The topological polar surface area (TPSA) is 118 Å². The van der Waals surface area contributed by atoms with E-state index in [4.69, 9.17) is 5.11 Å². The first-order valence-corrected chi connectivity index (χ1v) is 11.7. The van der Waals surface area contributed by atoms with Crippen LogP contribution in [0.2, 0.25) is 0 Å². The van der Waals surface area contributed by atoms with Crippen molar-refractivity contribution in [1.82, 2.24) is 19.5 Å². The number of carboxylic acid groups (broad SMARTS) is 1. The van der Waals surface area contributed by atoms with E-state index in [-0.39, 0.29) is 11.8 Å². The number of nitrogens with zero attached hydrogens (tertiary/aromatic N) is 3. The molecule has 4 rings (SSSR count). The Morgan fingerprint density at radius 1 is 1.17 bits per heavy atom. The molecule has 3 N–H and O–H groups in total. The van der Waals surface area contributed by atoms with Gasteiger partial charge in [0.15, 0.2) is 0 Å². The van der Waals surface area contributed by atoms with Gasteiger partial charge in [-0.15, -0.1) is 0 Å². The second kappa shape index (κ2) is 10.1. The second-order valence-electron chi connectivity index (χ2n) is 8.91. The first-order valence-electron chi connectivity index (χ1n) is 11.7. The molecule has 0 aliphatic heterocycles. The molecule has 0 radical (unpaired) electrons. The molecule has 2 amide bonds. The molecule has 186 valence electrons. The largest absolute Gasteiger partial charge is 0.478 e. The Hall–Kier alpha value is -4.40. The van der Waals surface area contributed by atoms with Crippen molar-refractivity contribution in [3.05, 3.63) is 77.8 Å². The zero-order chi connectivity index (χ0) is 25.9. The van der Waals surface area contributed by atoms with Crippen molar-refractivity contribution >= 4 is 40.8 Å². The highest BCUT2D eigenvalue weighted by Crippen LogP contribution is 2.34. The van der Waals surface area contributed by atoms with Crippen LogP contribution < -0.4 is 10.6 Å². The summed E-state index contributed by atoms with van der Waals surface area (Å²) in [6, 6.07) is 6.82. The van der Waals surface area contributed by atoms with Gasteiger partial charge in [0.05, 0.1) is 18.1 Å². The predicted molar refractivity (Wildman–Crippen MR) is 138 cm³/mol. The molecule has 1 fully saturated rings. The highest BCUT2D eigenvalue weighted by atomic mass is 16.4. The third kappa shape index (κ3) is 4.86. The van der Waals surface area contributed by atoms with E-state index in [9.17, 15) is 14.4 Å². The molecule has 0 bridgehead atoms. The molecule has 2 aromatic heterocycles. The number of hydrogen-bond acceptors (Lipinski definition) is 4. The Morgan fingerprint density at radius 3 is 2.50 bits per heavy atom. The summed E-state index contributed by atoms with van der Waals surface area (Å²) in [7, 11) is 1.89. The summed E-state index contributed by atoms with van der Waals surface area (Å²) in [6.07, 6.45) is 13.7. The number of fused-ring (bicyclic) bond motifs is 1. The summed E-state index contributed by atoms with van der Waals surface area (Å²) >= 11 is 0. The maximum atomic E-state index is 13.3. The summed E-state index contributed by atoms with van der Waals surface area (Å²) in [6.45, 7) is 3.95. The Balaban J connectivity index is 1.51. The lowest BCUT2D eigenvalue weighted by atomic mass is 9.75. The number of aromatic nitrogens is 3. The van der Waals surface area contributed by atoms with Crippen molar-refractivity contribution < 1.29 is 19.5 Å².